The molecule has 3 heterocycles. The largest absolute Gasteiger partial charge is 0.496 e. The van der Waals surface area contributed by atoms with E-state index in [1.54, 1.807) is 7.11 Å². The van der Waals surface area contributed by atoms with Gasteiger partial charge in [-0.3, -0.25) is 0 Å². The molecule has 1 aliphatic rings. The SMILES string of the molecule is COc1ccccc1-c1noc(CCCc2nc([C@H]3CCOC3)no2)n1. The molecule has 0 bridgehead atoms. The highest BCUT2D eigenvalue weighted by atomic mass is 16.5. The summed E-state index contributed by atoms with van der Waals surface area (Å²) in [5, 5.41) is 8.10. The highest BCUT2D eigenvalue weighted by Crippen LogP contribution is 2.27. The monoisotopic (exact) mass is 356 g/mol. The summed E-state index contributed by atoms with van der Waals surface area (Å²) in [7, 11) is 1.62. The van der Waals surface area contributed by atoms with Crippen LogP contribution in [0.2, 0.25) is 0 Å². The minimum absolute atomic E-state index is 0.256. The second-order valence-electron chi connectivity index (χ2n) is 6.17. The van der Waals surface area contributed by atoms with E-state index >= 15 is 0 Å². The van der Waals surface area contributed by atoms with Gasteiger partial charge in [-0.25, -0.2) is 0 Å². The zero-order chi connectivity index (χ0) is 17.8. The van der Waals surface area contributed by atoms with Crippen molar-refractivity contribution in [2.24, 2.45) is 0 Å². The Hall–Kier alpha value is -2.74. The maximum atomic E-state index is 5.36. The zero-order valence-corrected chi connectivity index (χ0v) is 14.6. The van der Waals surface area contributed by atoms with Crippen LogP contribution in [0.15, 0.2) is 33.3 Å². The van der Waals surface area contributed by atoms with Gasteiger partial charge >= 0.3 is 0 Å². The molecule has 3 aromatic rings. The molecule has 0 amide bonds. The van der Waals surface area contributed by atoms with Crippen LogP contribution in [0.1, 0.15) is 36.4 Å². The lowest BCUT2D eigenvalue weighted by molar-refractivity contribution is 0.192. The standard InChI is InChI=1S/C18H20N4O4/c1-23-14-6-3-2-5-13(14)18-20-16(26-22-18)8-4-7-15-19-17(21-25-15)12-9-10-24-11-12/h2-3,5-6,12H,4,7-11H2,1H3/t12-/m0/s1. The maximum Gasteiger partial charge on any atom is 0.226 e. The Kier molecular flexibility index (Phi) is 4.92. The van der Waals surface area contributed by atoms with Crippen molar-refractivity contribution in [2.75, 3.05) is 20.3 Å². The van der Waals surface area contributed by atoms with Gasteiger partial charge in [0.1, 0.15) is 5.75 Å². The molecule has 136 valence electrons. The molecule has 0 N–H and O–H groups in total. The van der Waals surface area contributed by atoms with Gasteiger partial charge in [0, 0.05) is 25.4 Å². The molecule has 8 heteroatoms. The van der Waals surface area contributed by atoms with Gasteiger partial charge in [-0.05, 0) is 25.0 Å². The molecule has 2 aromatic heterocycles. The van der Waals surface area contributed by atoms with Crippen LogP contribution in [0.25, 0.3) is 11.4 Å². The molecule has 1 aliphatic heterocycles. The predicted octanol–water partition coefficient (Wildman–Crippen LogP) is 2.81. The first-order chi connectivity index (χ1) is 12.8. The molecule has 1 aromatic carbocycles. The van der Waals surface area contributed by atoms with Gasteiger partial charge in [0.25, 0.3) is 0 Å². The number of rotatable bonds is 7. The van der Waals surface area contributed by atoms with Crippen LogP contribution >= 0.6 is 0 Å². The molecule has 0 radical (unpaired) electrons. The Labute approximate surface area is 150 Å². The zero-order valence-electron chi connectivity index (χ0n) is 14.6. The summed E-state index contributed by atoms with van der Waals surface area (Å²) in [4.78, 5) is 8.91. The summed E-state index contributed by atoms with van der Waals surface area (Å²) in [6.45, 7) is 1.44. The van der Waals surface area contributed by atoms with E-state index in [0.717, 1.165) is 30.8 Å². The summed E-state index contributed by atoms with van der Waals surface area (Å²) < 4.78 is 21.4. The first-order valence-electron chi connectivity index (χ1n) is 8.69. The first-order valence-corrected chi connectivity index (χ1v) is 8.69. The average Bonchev–Trinajstić information content (AvgIpc) is 3.43. The van der Waals surface area contributed by atoms with E-state index in [1.165, 1.54) is 0 Å². The lowest BCUT2D eigenvalue weighted by Crippen LogP contribution is -2.00. The van der Waals surface area contributed by atoms with E-state index in [2.05, 4.69) is 20.3 Å². The van der Waals surface area contributed by atoms with E-state index in [9.17, 15) is 0 Å². The Morgan fingerprint density at radius 3 is 2.69 bits per heavy atom. The molecule has 0 aliphatic carbocycles. The predicted molar refractivity (Wildman–Crippen MR) is 90.8 cm³/mol. The van der Waals surface area contributed by atoms with E-state index in [1.807, 2.05) is 24.3 Å². The fourth-order valence-corrected chi connectivity index (χ4v) is 2.96. The van der Waals surface area contributed by atoms with Crippen molar-refractivity contribution in [1.29, 1.82) is 0 Å². The van der Waals surface area contributed by atoms with Crippen LogP contribution in [0, 0.1) is 0 Å². The van der Waals surface area contributed by atoms with Crippen LogP contribution in [-0.2, 0) is 17.6 Å². The average molecular weight is 356 g/mol. The molecule has 1 saturated heterocycles. The second kappa shape index (κ2) is 7.65. The van der Waals surface area contributed by atoms with E-state index < -0.39 is 0 Å². The number of aromatic nitrogens is 4. The molecule has 0 spiro atoms. The molecule has 8 nitrogen and oxygen atoms in total. The third kappa shape index (κ3) is 3.60. The molecule has 1 fully saturated rings. The Morgan fingerprint density at radius 2 is 1.88 bits per heavy atom. The fourth-order valence-electron chi connectivity index (χ4n) is 2.96. The number of ether oxygens (including phenoxy) is 2. The number of aryl methyl sites for hydroxylation is 2. The number of hydrogen-bond acceptors (Lipinski definition) is 8. The van der Waals surface area contributed by atoms with E-state index in [0.29, 0.717) is 42.8 Å². The van der Waals surface area contributed by atoms with Gasteiger partial charge in [-0.1, -0.05) is 22.4 Å². The van der Waals surface area contributed by atoms with Crippen LogP contribution in [0.5, 0.6) is 5.75 Å². The Morgan fingerprint density at radius 1 is 1.08 bits per heavy atom. The van der Waals surface area contributed by atoms with Crippen molar-refractivity contribution in [3.63, 3.8) is 0 Å². The lowest BCUT2D eigenvalue weighted by Gasteiger charge is -2.02. The first kappa shape index (κ1) is 16.7. The second-order valence-corrected chi connectivity index (χ2v) is 6.17. The smallest absolute Gasteiger partial charge is 0.226 e. The van der Waals surface area contributed by atoms with Crippen molar-refractivity contribution in [3.8, 4) is 17.1 Å². The molecule has 1 atom stereocenters. The van der Waals surface area contributed by atoms with Gasteiger partial charge in [0.15, 0.2) is 5.82 Å². The van der Waals surface area contributed by atoms with Gasteiger partial charge in [0.05, 0.1) is 19.3 Å². The molecule has 0 saturated carbocycles. The van der Waals surface area contributed by atoms with Crippen molar-refractivity contribution in [3.05, 3.63) is 41.9 Å². The number of para-hydroxylation sites is 1. The minimum atomic E-state index is 0.256. The van der Waals surface area contributed by atoms with Gasteiger partial charge in [-0.2, -0.15) is 9.97 Å². The molecule has 26 heavy (non-hydrogen) atoms. The van der Waals surface area contributed by atoms with Crippen molar-refractivity contribution in [1.82, 2.24) is 20.3 Å². The van der Waals surface area contributed by atoms with Crippen LogP contribution in [-0.4, -0.2) is 40.6 Å². The van der Waals surface area contributed by atoms with E-state index in [4.69, 9.17) is 18.5 Å². The molecular formula is C18H20N4O4. The number of hydrogen-bond donors (Lipinski definition) is 0. The summed E-state index contributed by atoms with van der Waals surface area (Å²) >= 11 is 0. The third-order valence-corrected chi connectivity index (χ3v) is 4.38. The van der Waals surface area contributed by atoms with Gasteiger partial charge in [-0.15, -0.1) is 0 Å². The third-order valence-electron chi connectivity index (χ3n) is 4.38. The molecule has 4 rings (SSSR count). The Bertz CT molecular complexity index is 854. The molecular weight excluding hydrogens is 336 g/mol. The fraction of sp³-hybridized carbons (Fsp3) is 0.444. The summed E-state index contributed by atoms with van der Waals surface area (Å²) in [5.41, 5.74) is 0.810. The van der Waals surface area contributed by atoms with Crippen molar-refractivity contribution in [2.45, 2.75) is 31.6 Å². The normalized spacial score (nSPS) is 16.9. The van der Waals surface area contributed by atoms with Gasteiger partial charge < -0.3 is 18.5 Å². The topological polar surface area (TPSA) is 96.3 Å². The van der Waals surface area contributed by atoms with Crippen LogP contribution in [0.3, 0.4) is 0 Å². The summed E-state index contributed by atoms with van der Waals surface area (Å²) in [6, 6.07) is 7.59. The van der Waals surface area contributed by atoms with Gasteiger partial charge in [0.2, 0.25) is 17.6 Å². The number of benzene rings is 1. The van der Waals surface area contributed by atoms with Crippen LogP contribution < -0.4 is 4.74 Å². The van der Waals surface area contributed by atoms with E-state index in [-0.39, 0.29) is 5.92 Å². The molecule has 0 unspecified atom stereocenters. The lowest BCUT2D eigenvalue weighted by atomic mass is 10.1. The quantitative estimate of drug-likeness (QED) is 0.637. The van der Waals surface area contributed by atoms with Crippen molar-refractivity contribution >= 4 is 0 Å². The summed E-state index contributed by atoms with van der Waals surface area (Å²) in [5.74, 6) is 3.46. The number of methoxy groups -OCH3 is 1. The highest BCUT2D eigenvalue weighted by molar-refractivity contribution is 5.63. The maximum absolute atomic E-state index is 5.36. The minimum Gasteiger partial charge on any atom is -0.496 e. The Balaban J connectivity index is 1.33. The highest BCUT2D eigenvalue weighted by Gasteiger charge is 2.23. The number of nitrogens with zero attached hydrogens (tertiary/aromatic N) is 4. The summed E-state index contributed by atoms with van der Waals surface area (Å²) in [6.07, 6.45) is 3.06. The van der Waals surface area contributed by atoms with Crippen LogP contribution in [0.4, 0.5) is 0 Å². The van der Waals surface area contributed by atoms with Crippen molar-refractivity contribution < 1.29 is 18.5 Å².